The molecule has 4 nitrogen and oxygen atoms in total. The number of carbonyl (C=O) groups is 2. The summed E-state index contributed by atoms with van der Waals surface area (Å²) in [6.07, 6.45) is 0.800. The highest BCUT2D eigenvalue weighted by molar-refractivity contribution is 8.00. The molecule has 0 spiro atoms. The Labute approximate surface area is 181 Å². The van der Waals surface area contributed by atoms with Crippen LogP contribution in [0.1, 0.15) is 40.7 Å². The van der Waals surface area contributed by atoms with Gasteiger partial charge in [0.1, 0.15) is 0 Å². The van der Waals surface area contributed by atoms with Crippen molar-refractivity contribution < 1.29 is 9.59 Å². The van der Waals surface area contributed by atoms with Gasteiger partial charge in [-0.15, -0.1) is 11.8 Å². The smallest absolute Gasteiger partial charge is 0.251 e. The van der Waals surface area contributed by atoms with Gasteiger partial charge < -0.3 is 10.6 Å². The average Bonchev–Trinajstić information content (AvgIpc) is 2.78. The highest BCUT2D eigenvalue weighted by atomic mass is 32.2. The van der Waals surface area contributed by atoms with Gasteiger partial charge >= 0.3 is 0 Å². The molecule has 0 bridgehead atoms. The van der Waals surface area contributed by atoms with Crippen molar-refractivity contribution in [1.29, 1.82) is 0 Å². The molecule has 0 radical (unpaired) electrons. The number of hydrogen-bond donors (Lipinski definition) is 2. The maximum atomic E-state index is 12.7. The fourth-order valence-corrected chi connectivity index (χ4v) is 4.61. The number of rotatable bonds is 6. The zero-order valence-corrected chi connectivity index (χ0v) is 17.6. The minimum atomic E-state index is -0.129. The molecule has 5 heteroatoms. The van der Waals surface area contributed by atoms with Crippen molar-refractivity contribution in [3.05, 3.63) is 95.6 Å². The maximum absolute atomic E-state index is 12.7. The molecule has 2 amide bonds. The lowest BCUT2D eigenvalue weighted by atomic mass is 9.88. The number of benzene rings is 3. The summed E-state index contributed by atoms with van der Waals surface area (Å²) in [5.41, 5.74) is 3.74. The van der Waals surface area contributed by atoms with Crippen LogP contribution in [0.2, 0.25) is 0 Å². The molecule has 3 aromatic carbocycles. The largest absolute Gasteiger partial charge is 0.352 e. The van der Waals surface area contributed by atoms with Gasteiger partial charge in [0.2, 0.25) is 5.91 Å². The van der Waals surface area contributed by atoms with Crippen LogP contribution in [0.25, 0.3) is 0 Å². The van der Waals surface area contributed by atoms with Crippen molar-refractivity contribution in [2.45, 2.75) is 29.4 Å². The first-order valence-electron chi connectivity index (χ1n) is 10.1. The van der Waals surface area contributed by atoms with Crippen molar-refractivity contribution in [3.63, 3.8) is 0 Å². The van der Waals surface area contributed by atoms with E-state index in [4.69, 9.17) is 0 Å². The van der Waals surface area contributed by atoms with Gasteiger partial charge in [-0.05, 0) is 42.7 Å². The Balaban J connectivity index is 1.43. The molecule has 4 rings (SSSR count). The van der Waals surface area contributed by atoms with Gasteiger partial charge in [0.15, 0.2) is 0 Å². The molecule has 152 valence electrons. The summed E-state index contributed by atoms with van der Waals surface area (Å²) in [6.45, 7) is 2.43. The highest BCUT2D eigenvalue weighted by Gasteiger charge is 2.23. The Kier molecular flexibility index (Phi) is 6.19. The fraction of sp³-hybridized carbons (Fsp3) is 0.200. The van der Waals surface area contributed by atoms with Crippen LogP contribution in [0.5, 0.6) is 0 Å². The fourth-order valence-electron chi connectivity index (χ4n) is 3.68. The molecule has 1 aliphatic rings. The lowest BCUT2D eigenvalue weighted by Crippen LogP contribution is -2.28. The van der Waals surface area contributed by atoms with Crippen LogP contribution in [-0.2, 0) is 4.79 Å². The molecule has 1 atom stereocenters. The third kappa shape index (κ3) is 4.57. The lowest BCUT2D eigenvalue weighted by molar-refractivity contribution is -0.115. The van der Waals surface area contributed by atoms with Gasteiger partial charge in [0.25, 0.3) is 5.91 Å². The molecule has 0 fully saturated rings. The Morgan fingerprint density at radius 2 is 1.63 bits per heavy atom. The Morgan fingerprint density at radius 3 is 2.27 bits per heavy atom. The van der Waals surface area contributed by atoms with Crippen molar-refractivity contribution in [2.24, 2.45) is 0 Å². The maximum Gasteiger partial charge on any atom is 0.251 e. The van der Waals surface area contributed by atoms with Crippen LogP contribution in [0.15, 0.2) is 83.8 Å². The summed E-state index contributed by atoms with van der Waals surface area (Å²) in [6, 6.07) is 26.2. The molecule has 1 aliphatic heterocycles. The van der Waals surface area contributed by atoms with Crippen LogP contribution < -0.4 is 10.6 Å². The first-order valence-corrected chi connectivity index (χ1v) is 11.0. The Bertz CT molecular complexity index is 998. The van der Waals surface area contributed by atoms with E-state index < -0.39 is 0 Å². The minimum absolute atomic E-state index is 0.0291. The SMILES string of the molecule is CC1Sc2ccc(C(=O)NCCC(c3ccccc3)c3ccccc3)cc2NC1=O. The number of carbonyl (C=O) groups excluding carboxylic acids is 2. The standard InChI is InChI=1S/C25H24N2O2S/c1-17-24(28)27-22-16-20(12-13-23(22)30-17)25(29)26-15-14-21(18-8-4-2-5-9-18)19-10-6-3-7-11-19/h2-13,16-17,21H,14-15H2,1H3,(H,26,29)(H,27,28). The summed E-state index contributed by atoms with van der Waals surface area (Å²) >= 11 is 1.51. The van der Waals surface area contributed by atoms with Gasteiger partial charge in [-0.2, -0.15) is 0 Å². The third-order valence-corrected chi connectivity index (χ3v) is 6.47. The van der Waals surface area contributed by atoms with Crippen molar-refractivity contribution >= 4 is 29.3 Å². The van der Waals surface area contributed by atoms with E-state index in [1.807, 2.05) is 55.5 Å². The topological polar surface area (TPSA) is 58.2 Å². The van der Waals surface area contributed by atoms with Crippen LogP contribution in [0, 0.1) is 0 Å². The molecule has 0 saturated heterocycles. The molecule has 3 aromatic rings. The summed E-state index contributed by atoms with van der Waals surface area (Å²) in [4.78, 5) is 25.6. The quantitative estimate of drug-likeness (QED) is 0.590. The second-order valence-electron chi connectivity index (χ2n) is 7.38. The summed E-state index contributed by atoms with van der Waals surface area (Å²) in [7, 11) is 0. The van der Waals surface area contributed by atoms with E-state index in [0.717, 1.165) is 11.3 Å². The van der Waals surface area contributed by atoms with Gasteiger partial charge in [-0.3, -0.25) is 9.59 Å². The van der Waals surface area contributed by atoms with E-state index in [2.05, 4.69) is 34.9 Å². The molecule has 0 aliphatic carbocycles. The zero-order valence-electron chi connectivity index (χ0n) is 16.8. The van der Waals surface area contributed by atoms with Gasteiger partial charge in [0, 0.05) is 22.9 Å². The van der Waals surface area contributed by atoms with Crippen LogP contribution >= 0.6 is 11.8 Å². The predicted octanol–water partition coefficient (Wildman–Crippen LogP) is 5.07. The molecule has 2 N–H and O–H groups in total. The van der Waals surface area contributed by atoms with E-state index >= 15 is 0 Å². The molecule has 1 unspecified atom stereocenters. The number of fused-ring (bicyclic) bond motifs is 1. The molecule has 30 heavy (non-hydrogen) atoms. The lowest BCUT2D eigenvalue weighted by Gasteiger charge is -2.22. The number of amides is 2. The normalized spacial score (nSPS) is 15.4. The second kappa shape index (κ2) is 9.18. The summed E-state index contributed by atoms with van der Waals surface area (Å²) < 4.78 is 0. The van der Waals surface area contributed by atoms with Crippen molar-refractivity contribution in [2.75, 3.05) is 11.9 Å². The van der Waals surface area contributed by atoms with Crippen LogP contribution in [-0.4, -0.2) is 23.6 Å². The molecule has 1 heterocycles. The van der Waals surface area contributed by atoms with Crippen molar-refractivity contribution in [3.8, 4) is 0 Å². The van der Waals surface area contributed by atoms with E-state index in [9.17, 15) is 9.59 Å². The molecular weight excluding hydrogens is 392 g/mol. The minimum Gasteiger partial charge on any atom is -0.352 e. The van der Waals surface area contributed by atoms with E-state index in [-0.39, 0.29) is 23.0 Å². The first kappa shape index (κ1) is 20.2. The Morgan fingerprint density at radius 1 is 1.00 bits per heavy atom. The van der Waals surface area contributed by atoms with E-state index in [0.29, 0.717) is 17.8 Å². The number of nitrogens with one attached hydrogen (secondary N) is 2. The van der Waals surface area contributed by atoms with Crippen molar-refractivity contribution in [1.82, 2.24) is 5.32 Å². The first-order chi connectivity index (χ1) is 14.6. The summed E-state index contributed by atoms with van der Waals surface area (Å²) in [5.74, 6) is 0.0579. The van der Waals surface area contributed by atoms with Crippen LogP contribution in [0.3, 0.4) is 0 Å². The summed E-state index contributed by atoms with van der Waals surface area (Å²) in [5, 5.41) is 5.80. The predicted molar refractivity (Wildman–Crippen MR) is 122 cm³/mol. The van der Waals surface area contributed by atoms with E-state index in [1.165, 1.54) is 22.9 Å². The van der Waals surface area contributed by atoms with E-state index in [1.54, 1.807) is 6.07 Å². The Hall–Kier alpha value is -3.05. The molecule has 0 saturated carbocycles. The zero-order chi connectivity index (χ0) is 20.9. The van der Waals surface area contributed by atoms with Gasteiger partial charge in [-0.25, -0.2) is 0 Å². The van der Waals surface area contributed by atoms with Gasteiger partial charge in [-0.1, -0.05) is 60.7 Å². The monoisotopic (exact) mass is 416 g/mol. The molecule has 0 aromatic heterocycles. The highest BCUT2D eigenvalue weighted by Crippen LogP contribution is 2.36. The number of thioether (sulfide) groups is 1. The van der Waals surface area contributed by atoms with Crippen LogP contribution in [0.4, 0.5) is 5.69 Å². The molecular formula is C25H24N2O2S. The van der Waals surface area contributed by atoms with Gasteiger partial charge in [0.05, 0.1) is 10.9 Å². The average molecular weight is 417 g/mol. The third-order valence-electron chi connectivity index (χ3n) is 5.30. The number of hydrogen-bond acceptors (Lipinski definition) is 3. The number of anilines is 1. The second-order valence-corrected chi connectivity index (χ2v) is 8.76.